The number of halogens is 1. The summed E-state index contributed by atoms with van der Waals surface area (Å²) in [6.07, 6.45) is 0. The highest BCUT2D eigenvalue weighted by Gasteiger charge is 2.22. The molecule has 0 saturated heterocycles. The third kappa shape index (κ3) is 4.09. The highest BCUT2D eigenvalue weighted by atomic mass is 35.5. The van der Waals surface area contributed by atoms with Gasteiger partial charge in [-0.15, -0.1) is 11.3 Å². The highest BCUT2D eigenvalue weighted by molar-refractivity contribution is 7.21. The van der Waals surface area contributed by atoms with Gasteiger partial charge in [0, 0.05) is 16.0 Å². The molecule has 0 aliphatic rings. The normalized spacial score (nSPS) is 10.9. The Hall–Kier alpha value is -3.87. The van der Waals surface area contributed by atoms with E-state index in [-0.39, 0.29) is 5.91 Å². The van der Waals surface area contributed by atoms with Crippen molar-refractivity contribution in [2.24, 2.45) is 0 Å². The number of thiophene rings is 1. The molecule has 0 saturated carbocycles. The molecule has 34 heavy (non-hydrogen) atoms. The van der Waals surface area contributed by atoms with Crippen LogP contribution in [0, 0.1) is 0 Å². The minimum Gasteiger partial charge on any atom is -0.495 e. The van der Waals surface area contributed by atoms with Crippen LogP contribution in [0.2, 0.25) is 5.02 Å². The van der Waals surface area contributed by atoms with Gasteiger partial charge in [0.1, 0.15) is 15.5 Å². The number of nitrogens with one attached hydrogen (secondary N) is 1. The Balaban J connectivity index is 1.67. The van der Waals surface area contributed by atoms with Crippen molar-refractivity contribution in [2.45, 2.75) is 0 Å². The largest absolute Gasteiger partial charge is 0.495 e. The lowest BCUT2D eigenvalue weighted by Gasteiger charge is -2.10. The molecule has 5 aromatic rings. The number of methoxy groups -OCH3 is 1. The van der Waals surface area contributed by atoms with Crippen LogP contribution in [-0.4, -0.2) is 18.0 Å². The van der Waals surface area contributed by atoms with E-state index in [2.05, 4.69) is 5.32 Å². The van der Waals surface area contributed by atoms with Crippen LogP contribution in [0.1, 0.15) is 9.67 Å². The van der Waals surface area contributed by atoms with E-state index in [1.54, 1.807) is 19.2 Å². The van der Waals surface area contributed by atoms with Crippen LogP contribution in [-0.2, 0) is 0 Å². The van der Waals surface area contributed by atoms with E-state index in [1.165, 1.54) is 11.3 Å². The van der Waals surface area contributed by atoms with Crippen LogP contribution in [0.25, 0.3) is 32.6 Å². The fourth-order valence-corrected chi connectivity index (χ4v) is 4.97. The fourth-order valence-electron chi connectivity index (χ4n) is 3.83. The van der Waals surface area contributed by atoms with Gasteiger partial charge in [0.15, 0.2) is 0 Å². The van der Waals surface area contributed by atoms with Gasteiger partial charge in [0.2, 0.25) is 0 Å². The van der Waals surface area contributed by atoms with Crippen molar-refractivity contribution in [3.05, 3.63) is 94.8 Å². The van der Waals surface area contributed by atoms with Gasteiger partial charge in [-0.2, -0.15) is 0 Å². The first kappa shape index (κ1) is 21.9. The molecule has 7 heteroatoms. The van der Waals surface area contributed by atoms with Gasteiger partial charge in [-0.25, -0.2) is 4.98 Å². The molecule has 0 aliphatic carbocycles. The number of aromatic nitrogens is 1. The Morgan fingerprint density at radius 2 is 1.68 bits per heavy atom. The first-order valence-corrected chi connectivity index (χ1v) is 11.7. The number of ether oxygens (including phenoxy) is 1. The van der Waals surface area contributed by atoms with Gasteiger partial charge in [-0.05, 0) is 41.5 Å². The molecule has 5 rings (SSSR count). The molecule has 0 fully saturated rings. The number of benzene rings is 3. The molecule has 0 unspecified atom stereocenters. The third-order valence-corrected chi connectivity index (χ3v) is 6.84. The van der Waals surface area contributed by atoms with Crippen molar-refractivity contribution in [2.75, 3.05) is 18.2 Å². The van der Waals surface area contributed by atoms with Gasteiger partial charge < -0.3 is 15.8 Å². The summed E-state index contributed by atoms with van der Waals surface area (Å²) in [5.74, 6) is 0.259. The lowest BCUT2D eigenvalue weighted by molar-refractivity contribution is 0.103. The fraction of sp³-hybridized carbons (Fsp3) is 0.0370. The molecule has 2 heterocycles. The molecule has 2 aromatic heterocycles. The maximum atomic E-state index is 13.2. The smallest absolute Gasteiger partial charge is 0.268 e. The van der Waals surface area contributed by atoms with Crippen LogP contribution >= 0.6 is 22.9 Å². The third-order valence-electron chi connectivity index (χ3n) is 5.49. The quantitative estimate of drug-likeness (QED) is 0.277. The summed E-state index contributed by atoms with van der Waals surface area (Å²) in [6.45, 7) is 0. The van der Waals surface area contributed by atoms with Crippen LogP contribution in [0.5, 0.6) is 5.75 Å². The zero-order chi connectivity index (χ0) is 23.7. The number of amides is 1. The van der Waals surface area contributed by atoms with Crippen molar-refractivity contribution < 1.29 is 9.53 Å². The minimum absolute atomic E-state index is 0.312. The minimum atomic E-state index is -0.312. The molecular formula is C27H20ClN3O2S. The Labute approximate surface area is 205 Å². The predicted molar refractivity (Wildman–Crippen MR) is 141 cm³/mol. The van der Waals surface area contributed by atoms with Crippen molar-refractivity contribution in [1.29, 1.82) is 0 Å². The van der Waals surface area contributed by atoms with E-state index < -0.39 is 0 Å². The van der Waals surface area contributed by atoms with Gasteiger partial charge in [-0.3, -0.25) is 4.79 Å². The second-order valence-corrected chi connectivity index (χ2v) is 9.04. The van der Waals surface area contributed by atoms with Crippen molar-refractivity contribution in [3.63, 3.8) is 0 Å². The summed E-state index contributed by atoms with van der Waals surface area (Å²) >= 11 is 7.40. The highest BCUT2D eigenvalue weighted by Crippen LogP contribution is 2.42. The van der Waals surface area contributed by atoms with E-state index in [0.29, 0.717) is 31.9 Å². The number of nitrogen functional groups attached to an aromatic ring is 1. The number of hydrogen-bond donors (Lipinski definition) is 2. The first-order chi connectivity index (χ1) is 16.5. The van der Waals surface area contributed by atoms with E-state index >= 15 is 0 Å². The SMILES string of the molecule is COc1ccccc1NC(=O)c1sc2nc(-c3ccccc3)cc(-c3ccc(Cl)cc3)c2c1N. The van der Waals surface area contributed by atoms with Crippen molar-refractivity contribution in [3.8, 4) is 28.1 Å². The summed E-state index contributed by atoms with van der Waals surface area (Å²) in [6, 6.07) is 26.7. The predicted octanol–water partition coefficient (Wildman–Crippen LogP) is 7.13. The Morgan fingerprint density at radius 3 is 2.41 bits per heavy atom. The number of fused-ring (bicyclic) bond motifs is 1. The van der Waals surface area contributed by atoms with E-state index in [4.69, 9.17) is 27.1 Å². The second kappa shape index (κ2) is 9.17. The van der Waals surface area contributed by atoms with Crippen LogP contribution in [0.4, 0.5) is 11.4 Å². The van der Waals surface area contributed by atoms with Crippen molar-refractivity contribution in [1.82, 2.24) is 4.98 Å². The topological polar surface area (TPSA) is 77.2 Å². The maximum absolute atomic E-state index is 13.2. The molecule has 3 aromatic carbocycles. The first-order valence-electron chi connectivity index (χ1n) is 10.5. The van der Waals surface area contributed by atoms with E-state index in [0.717, 1.165) is 27.8 Å². The molecule has 0 atom stereocenters. The van der Waals surface area contributed by atoms with E-state index in [1.807, 2.05) is 72.8 Å². The Kier molecular flexibility index (Phi) is 5.92. The number of carbonyl (C=O) groups is 1. The zero-order valence-corrected chi connectivity index (χ0v) is 19.8. The second-order valence-electron chi connectivity index (χ2n) is 7.61. The molecule has 3 N–H and O–H groups in total. The van der Waals surface area contributed by atoms with Gasteiger partial charge in [-0.1, -0.05) is 66.2 Å². The Bertz CT molecular complexity index is 1500. The summed E-state index contributed by atoms with van der Waals surface area (Å²) in [5, 5.41) is 4.31. The molecule has 0 spiro atoms. The number of anilines is 2. The van der Waals surface area contributed by atoms with Gasteiger partial charge >= 0.3 is 0 Å². The molecule has 168 valence electrons. The molecule has 0 radical (unpaired) electrons. The van der Waals surface area contributed by atoms with Crippen molar-refractivity contribution >= 4 is 50.4 Å². The number of nitrogens with zero attached hydrogens (tertiary/aromatic N) is 1. The Morgan fingerprint density at radius 1 is 0.971 bits per heavy atom. The average molecular weight is 486 g/mol. The molecule has 5 nitrogen and oxygen atoms in total. The molecule has 0 aliphatic heterocycles. The summed E-state index contributed by atoms with van der Waals surface area (Å²) in [4.78, 5) is 19.2. The molecule has 0 bridgehead atoms. The molecular weight excluding hydrogens is 466 g/mol. The number of rotatable bonds is 5. The van der Waals surface area contributed by atoms with Crippen LogP contribution in [0.3, 0.4) is 0 Å². The van der Waals surface area contributed by atoms with Gasteiger partial charge in [0.25, 0.3) is 5.91 Å². The number of para-hydroxylation sites is 2. The summed E-state index contributed by atoms with van der Waals surface area (Å²) < 4.78 is 5.36. The number of nitrogens with two attached hydrogens (primary N) is 1. The van der Waals surface area contributed by atoms with Crippen LogP contribution in [0.15, 0.2) is 84.9 Å². The van der Waals surface area contributed by atoms with Gasteiger partial charge in [0.05, 0.1) is 24.2 Å². The summed E-state index contributed by atoms with van der Waals surface area (Å²) in [7, 11) is 1.56. The monoisotopic (exact) mass is 485 g/mol. The lowest BCUT2D eigenvalue weighted by Crippen LogP contribution is -2.12. The standard InChI is InChI=1S/C27H20ClN3O2S/c1-33-22-10-6-5-9-20(22)30-26(32)25-24(29)23-19(16-11-13-18(28)14-12-16)15-21(31-27(23)34-25)17-7-3-2-4-8-17/h2-15H,29H2,1H3,(H,30,32). The average Bonchev–Trinajstić information content (AvgIpc) is 3.21. The maximum Gasteiger partial charge on any atom is 0.268 e. The van der Waals surface area contributed by atoms with Crippen LogP contribution < -0.4 is 15.8 Å². The lowest BCUT2D eigenvalue weighted by atomic mass is 9.99. The summed E-state index contributed by atoms with van der Waals surface area (Å²) in [5.41, 5.74) is 11.2. The number of carbonyl (C=O) groups excluding carboxylic acids is 1. The zero-order valence-electron chi connectivity index (χ0n) is 18.2. The number of hydrogen-bond acceptors (Lipinski definition) is 5. The molecule has 1 amide bonds. The number of pyridine rings is 1. The van der Waals surface area contributed by atoms with E-state index in [9.17, 15) is 4.79 Å².